The van der Waals surface area contributed by atoms with Crippen molar-refractivity contribution in [2.75, 3.05) is 0 Å². The van der Waals surface area contributed by atoms with Gasteiger partial charge in [0.1, 0.15) is 17.3 Å². The molecule has 0 saturated carbocycles. The van der Waals surface area contributed by atoms with Crippen LogP contribution in [0.25, 0.3) is 22.6 Å². The monoisotopic (exact) mass is 264 g/mol. The van der Waals surface area contributed by atoms with Crippen molar-refractivity contribution in [3.05, 3.63) is 66.2 Å². The molecule has 0 bridgehead atoms. The topological polar surface area (TPSA) is 42.6 Å². The van der Waals surface area contributed by atoms with Gasteiger partial charge in [0.05, 0.1) is 11.1 Å². The van der Waals surface area contributed by atoms with E-state index in [4.69, 9.17) is 9.15 Å². The van der Waals surface area contributed by atoms with E-state index in [1.807, 2.05) is 60.7 Å². The molecule has 3 aromatic rings. The maximum atomic E-state index is 10.1. The summed E-state index contributed by atoms with van der Waals surface area (Å²) >= 11 is 0. The fraction of sp³-hybridized carbons (Fsp3) is 0.0588. The van der Waals surface area contributed by atoms with Gasteiger partial charge < -0.3 is 14.3 Å². The van der Waals surface area contributed by atoms with Gasteiger partial charge in [-0.05, 0) is 18.2 Å². The number of hydrogen-bond donors (Lipinski definition) is 1. The van der Waals surface area contributed by atoms with Gasteiger partial charge in [0.25, 0.3) is 0 Å². The third-order valence-corrected chi connectivity index (χ3v) is 3.46. The summed E-state index contributed by atoms with van der Waals surface area (Å²) in [6.45, 7) is 0. The zero-order valence-corrected chi connectivity index (χ0v) is 10.6. The molecule has 4 rings (SSSR count). The van der Waals surface area contributed by atoms with Gasteiger partial charge in [-0.3, -0.25) is 0 Å². The summed E-state index contributed by atoms with van der Waals surface area (Å²) in [5.74, 6) is 2.05. The van der Waals surface area contributed by atoms with E-state index in [1.54, 1.807) is 0 Å². The molecular formula is C17H12O3. The first-order valence-corrected chi connectivity index (χ1v) is 6.46. The molecule has 0 amide bonds. The minimum absolute atomic E-state index is 0.640. The first-order valence-electron chi connectivity index (χ1n) is 6.46. The van der Waals surface area contributed by atoms with Crippen molar-refractivity contribution < 1.29 is 14.3 Å². The lowest BCUT2D eigenvalue weighted by atomic mass is 10.0. The normalized spacial score (nSPS) is 16.1. The van der Waals surface area contributed by atoms with Crippen LogP contribution >= 0.6 is 0 Å². The van der Waals surface area contributed by atoms with Crippen molar-refractivity contribution in [3.63, 3.8) is 0 Å². The molecule has 1 atom stereocenters. The number of para-hydroxylation sites is 1. The van der Waals surface area contributed by atoms with Crippen molar-refractivity contribution in [1.82, 2.24) is 0 Å². The molecular weight excluding hydrogens is 252 g/mol. The molecule has 20 heavy (non-hydrogen) atoms. The van der Waals surface area contributed by atoms with Gasteiger partial charge >= 0.3 is 0 Å². The van der Waals surface area contributed by atoms with Gasteiger partial charge in [0.15, 0.2) is 0 Å². The van der Waals surface area contributed by atoms with Crippen LogP contribution in [0.3, 0.4) is 0 Å². The fourth-order valence-electron chi connectivity index (χ4n) is 2.48. The third-order valence-electron chi connectivity index (χ3n) is 3.46. The highest BCUT2D eigenvalue weighted by molar-refractivity contribution is 5.74. The Bertz CT molecular complexity index is 759. The Balaban J connectivity index is 1.91. The summed E-state index contributed by atoms with van der Waals surface area (Å²) in [5, 5.41) is 10.1. The molecule has 0 fully saturated rings. The molecule has 0 saturated heterocycles. The predicted octanol–water partition coefficient (Wildman–Crippen LogP) is 4.00. The molecule has 0 radical (unpaired) electrons. The van der Waals surface area contributed by atoms with E-state index in [0.717, 1.165) is 16.9 Å². The van der Waals surface area contributed by atoms with Crippen LogP contribution in [0.4, 0.5) is 0 Å². The second-order valence-electron chi connectivity index (χ2n) is 4.73. The molecule has 98 valence electrons. The van der Waals surface area contributed by atoms with Gasteiger partial charge in [-0.25, -0.2) is 0 Å². The molecule has 3 nitrogen and oxygen atoms in total. The highest BCUT2D eigenvalue weighted by atomic mass is 16.6. The average molecular weight is 264 g/mol. The molecule has 1 N–H and O–H groups in total. The fourth-order valence-corrected chi connectivity index (χ4v) is 2.48. The van der Waals surface area contributed by atoms with Crippen LogP contribution in [0.5, 0.6) is 5.75 Å². The van der Waals surface area contributed by atoms with Crippen molar-refractivity contribution in [2.45, 2.75) is 6.29 Å². The summed E-state index contributed by atoms with van der Waals surface area (Å²) in [7, 11) is 0. The maximum absolute atomic E-state index is 10.1. The van der Waals surface area contributed by atoms with Crippen molar-refractivity contribution >= 4 is 0 Å². The van der Waals surface area contributed by atoms with E-state index in [0.29, 0.717) is 17.1 Å². The number of benzene rings is 2. The first kappa shape index (κ1) is 11.3. The Morgan fingerprint density at radius 2 is 1.65 bits per heavy atom. The average Bonchev–Trinajstić information content (AvgIpc) is 2.94. The van der Waals surface area contributed by atoms with Gasteiger partial charge in [0, 0.05) is 5.56 Å². The molecule has 0 spiro atoms. The summed E-state index contributed by atoms with van der Waals surface area (Å²) in [5.41, 5.74) is 2.52. The first-order chi connectivity index (χ1) is 9.83. The standard InChI is InChI=1S/C17H12O3/c18-17-13-10-15(11-6-2-1-3-7-11)19-16(13)12-8-4-5-9-14(12)20-17/h1-10,17-18H. The Hall–Kier alpha value is -2.52. The Labute approximate surface area is 116 Å². The second kappa shape index (κ2) is 4.25. The minimum Gasteiger partial charge on any atom is -0.460 e. The van der Waals surface area contributed by atoms with Crippen LogP contribution < -0.4 is 4.74 Å². The summed E-state index contributed by atoms with van der Waals surface area (Å²) in [6.07, 6.45) is -0.985. The molecule has 2 aromatic carbocycles. The van der Waals surface area contributed by atoms with Crippen LogP contribution in [-0.4, -0.2) is 5.11 Å². The second-order valence-corrected chi connectivity index (χ2v) is 4.73. The molecule has 1 aliphatic rings. The van der Waals surface area contributed by atoms with Crippen LogP contribution in [-0.2, 0) is 0 Å². The van der Waals surface area contributed by atoms with Gasteiger partial charge in [-0.15, -0.1) is 0 Å². The molecule has 1 aromatic heterocycles. The maximum Gasteiger partial charge on any atom is 0.228 e. The van der Waals surface area contributed by atoms with Crippen molar-refractivity contribution in [2.24, 2.45) is 0 Å². The SMILES string of the molecule is OC1Oc2ccccc2-c2oc(-c3ccccc3)cc21. The highest BCUT2D eigenvalue weighted by Crippen LogP contribution is 2.44. The summed E-state index contributed by atoms with van der Waals surface area (Å²) in [6, 6.07) is 19.2. The Morgan fingerprint density at radius 3 is 2.50 bits per heavy atom. The number of aliphatic hydroxyl groups excluding tert-OH is 1. The van der Waals surface area contributed by atoms with E-state index >= 15 is 0 Å². The lowest BCUT2D eigenvalue weighted by Gasteiger charge is -2.20. The number of furan rings is 1. The third kappa shape index (κ3) is 1.64. The van der Waals surface area contributed by atoms with Crippen LogP contribution in [0.15, 0.2) is 65.1 Å². The zero-order valence-electron chi connectivity index (χ0n) is 10.6. The smallest absolute Gasteiger partial charge is 0.228 e. The molecule has 3 heteroatoms. The molecule has 2 heterocycles. The van der Waals surface area contributed by atoms with E-state index < -0.39 is 6.29 Å². The predicted molar refractivity (Wildman–Crippen MR) is 75.2 cm³/mol. The Kier molecular flexibility index (Phi) is 2.41. The quantitative estimate of drug-likeness (QED) is 0.722. The molecule has 1 unspecified atom stereocenters. The van der Waals surface area contributed by atoms with E-state index in [9.17, 15) is 5.11 Å². The molecule has 0 aliphatic carbocycles. The zero-order chi connectivity index (χ0) is 13.5. The van der Waals surface area contributed by atoms with E-state index in [-0.39, 0.29) is 0 Å². The van der Waals surface area contributed by atoms with Crippen LogP contribution in [0, 0.1) is 0 Å². The lowest BCUT2D eigenvalue weighted by molar-refractivity contribution is -0.0219. The lowest BCUT2D eigenvalue weighted by Crippen LogP contribution is -2.11. The number of fused-ring (bicyclic) bond motifs is 3. The summed E-state index contributed by atoms with van der Waals surface area (Å²) < 4.78 is 11.5. The Morgan fingerprint density at radius 1 is 0.900 bits per heavy atom. The number of aliphatic hydroxyl groups is 1. The van der Waals surface area contributed by atoms with Gasteiger partial charge in [-0.2, -0.15) is 0 Å². The summed E-state index contributed by atoms with van der Waals surface area (Å²) in [4.78, 5) is 0. The van der Waals surface area contributed by atoms with Gasteiger partial charge in [-0.1, -0.05) is 42.5 Å². The largest absolute Gasteiger partial charge is 0.460 e. The highest BCUT2D eigenvalue weighted by Gasteiger charge is 2.28. The van der Waals surface area contributed by atoms with Crippen LogP contribution in [0.1, 0.15) is 11.9 Å². The number of hydrogen-bond acceptors (Lipinski definition) is 3. The number of ether oxygens (including phenoxy) is 1. The number of rotatable bonds is 1. The van der Waals surface area contributed by atoms with Crippen molar-refractivity contribution in [1.29, 1.82) is 0 Å². The van der Waals surface area contributed by atoms with Gasteiger partial charge in [0.2, 0.25) is 6.29 Å². The minimum atomic E-state index is -0.985. The van der Waals surface area contributed by atoms with Crippen molar-refractivity contribution in [3.8, 4) is 28.4 Å². The van der Waals surface area contributed by atoms with Crippen LogP contribution in [0.2, 0.25) is 0 Å². The van der Waals surface area contributed by atoms with E-state index in [1.165, 1.54) is 0 Å². The molecule has 1 aliphatic heterocycles. The van der Waals surface area contributed by atoms with E-state index in [2.05, 4.69) is 0 Å².